The van der Waals surface area contributed by atoms with Crippen molar-refractivity contribution in [2.75, 3.05) is 6.54 Å². The van der Waals surface area contributed by atoms with Gasteiger partial charge in [-0.15, -0.1) is 0 Å². The van der Waals surface area contributed by atoms with Crippen molar-refractivity contribution in [1.29, 1.82) is 0 Å². The van der Waals surface area contributed by atoms with Gasteiger partial charge in [0.1, 0.15) is 11.5 Å². The summed E-state index contributed by atoms with van der Waals surface area (Å²) in [6.07, 6.45) is 16.1. The molecule has 3 heterocycles. The van der Waals surface area contributed by atoms with Crippen LogP contribution in [0, 0.1) is 5.92 Å². The lowest BCUT2D eigenvalue weighted by Crippen LogP contribution is -2.58. The van der Waals surface area contributed by atoms with Crippen LogP contribution in [-0.4, -0.2) is 35.5 Å². The largest absolute Gasteiger partial charge is 0.457 e. The molecule has 2 bridgehead atoms. The quantitative estimate of drug-likeness (QED) is 0.533. The lowest BCUT2D eigenvalue weighted by Gasteiger charge is -2.50. The van der Waals surface area contributed by atoms with Gasteiger partial charge in [-0.25, -0.2) is 0 Å². The summed E-state index contributed by atoms with van der Waals surface area (Å²) >= 11 is 0. The molecule has 1 aliphatic carbocycles. The minimum Gasteiger partial charge on any atom is -0.457 e. The molecule has 35 heavy (non-hydrogen) atoms. The van der Waals surface area contributed by atoms with Crippen molar-refractivity contribution < 1.29 is 9.53 Å². The molecule has 4 aliphatic rings. The highest BCUT2D eigenvalue weighted by Crippen LogP contribution is 2.44. The van der Waals surface area contributed by atoms with E-state index in [4.69, 9.17) is 4.74 Å². The highest BCUT2D eigenvalue weighted by molar-refractivity contribution is 5.89. The zero-order valence-corrected chi connectivity index (χ0v) is 21.0. The summed E-state index contributed by atoms with van der Waals surface area (Å²) in [6, 6.07) is 17.6. The summed E-state index contributed by atoms with van der Waals surface area (Å²) in [7, 11) is 0. The summed E-state index contributed by atoms with van der Waals surface area (Å²) in [6.45, 7) is 1.29. The van der Waals surface area contributed by atoms with Gasteiger partial charge in [-0.2, -0.15) is 0 Å². The second kappa shape index (κ2) is 10.3. The number of nitrogens with zero attached hydrogens (tertiary/aromatic N) is 1. The first-order valence-corrected chi connectivity index (χ1v) is 14.2. The molecular weight excluding hydrogens is 432 g/mol. The van der Waals surface area contributed by atoms with Crippen LogP contribution in [0.3, 0.4) is 0 Å². The van der Waals surface area contributed by atoms with Crippen molar-refractivity contribution >= 4 is 5.91 Å². The molecular formula is C31H40N2O2. The molecule has 3 fully saturated rings. The summed E-state index contributed by atoms with van der Waals surface area (Å²) in [5.41, 5.74) is 1.95. The maximum absolute atomic E-state index is 13.8. The van der Waals surface area contributed by atoms with E-state index in [2.05, 4.69) is 10.2 Å². The molecule has 0 aromatic heterocycles. The molecule has 6 rings (SSSR count). The number of amides is 1. The third-order valence-corrected chi connectivity index (χ3v) is 9.11. The lowest BCUT2D eigenvalue weighted by molar-refractivity contribution is -0.123. The summed E-state index contributed by atoms with van der Waals surface area (Å²) < 4.78 is 6.12. The molecule has 4 heteroatoms. The monoisotopic (exact) mass is 472 g/mol. The first-order chi connectivity index (χ1) is 17.3. The van der Waals surface area contributed by atoms with Crippen LogP contribution in [0.1, 0.15) is 94.1 Å². The Morgan fingerprint density at radius 1 is 0.771 bits per heavy atom. The van der Waals surface area contributed by atoms with Gasteiger partial charge in [-0.1, -0.05) is 74.9 Å². The molecule has 1 amide bonds. The van der Waals surface area contributed by atoms with Crippen LogP contribution < -0.4 is 10.1 Å². The number of hydrogen-bond acceptors (Lipinski definition) is 3. The summed E-state index contributed by atoms with van der Waals surface area (Å²) in [5, 5.41) is 3.52. The molecule has 1 saturated carbocycles. The van der Waals surface area contributed by atoms with E-state index >= 15 is 0 Å². The zero-order valence-electron chi connectivity index (χ0n) is 21.0. The number of nitrogens with one attached hydrogen (secondary N) is 1. The van der Waals surface area contributed by atoms with Crippen molar-refractivity contribution in [3.63, 3.8) is 0 Å². The molecule has 186 valence electrons. The maximum atomic E-state index is 13.8. The predicted molar refractivity (Wildman–Crippen MR) is 140 cm³/mol. The van der Waals surface area contributed by atoms with Crippen molar-refractivity contribution in [2.45, 2.75) is 101 Å². The lowest BCUT2D eigenvalue weighted by atomic mass is 9.79. The van der Waals surface area contributed by atoms with Gasteiger partial charge in [0.2, 0.25) is 5.91 Å². The number of para-hydroxylation sites is 2. The number of ether oxygens (including phenoxy) is 1. The molecule has 1 N–H and O–H groups in total. The Morgan fingerprint density at radius 2 is 1.34 bits per heavy atom. The standard InChI is InChI=1S/C31H40N2O2/c34-31(30-26-15-6-8-17-28(26)35-29-18-9-7-16-27(29)30)32-23-19-24-13-10-14-25(20-23)33(24)21-22-11-4-2-1-3-5-12-22/h6-9,15-18,22-25,30H,1-5,10-14,19-21H2,(H,32,34). The average molecular weight is 473 g/mol. The fourth-order valence-electron chi connectivity index (χ4n) is 7.39. The first-order valence-electron chi connectivity index (χ1n) is 14.2. The Balaban J connectivity index is 1.16. The molecule has 2 aromatic carbocycles. The Morgan fingerprint density at radius 3 is 1.97 bits per heavy atom. The summed E-state index contributed by atoms with van der Waals surface area (Å²) in [4.78, 5) is 16.7. The molecule has 2 atom stereocenters. The number of benzene rings is 2. The number of fused-ring (bicyclic) bond motifs is 4. The third kappa shape index (κ3) is 4.87. The summed E-state index contributed by atoms with van der Waals surface area (Å²) in [5.74, 6) is 2.31. The number of rotatable bonds is 4. The van der Waals surface area contributed by atoms with Gasteiger partial charge in [0.05, 0.1) is 5.92 Å². The number of carbonyl (C=O) groups is 1. The fourth-order valence-corrected chi connectivity index (χ4v) is 7.39. The van der Waals surface area contributed by atoms with E-state index in [1.165, 1.54) is 70.8 Å². The number of carbonyl (C=O) groups excluding carboxylic acids is 1. The Kier molecular flexibility index (Phi) is 6.82. The third-order valence-electron chi connectivity index (χ3n) is 9.11. The highest BCUT2D eigenvalue weighted by atomic mass is 16.5. The molecule has 0 radical (unpaired) electrons. The highest BCUT2D eigenvalue weighted by Gasteiger charge is 2.41. The van der Waals surface area contributed by atoms with Crippen molar-refractivity contribution in [3.05, 3.63) is 59.7 Å². The van der Waals surface area contributed by atoms with E-state index in [1.54, 1.807) is 0 Å². The molecule has 4 nitrogen and oxygen atoms in total. The van der Waals surface area contributed by atoms with Gasteiger partial charge >= 0.3 is 0 Å². The number of hydrogen-bond donors (Lipinski definition) is 1. The first kappa shape index (κ1) is 23.1. The van der Waals surface area contributed by atoms with Crippen molar-refractivity contribution in [2.24, 2.45) is 5.92 Å². The van der Waals surface area contributed by atoms with Crippen molar-refractivity contribution in [1.82, 2.24) is 10.2 Å². The second-order valence-electron chi connectivity index (χ2n) is 11.4. The predicted octanol–water partition coefficient (Wildman–Crippen LogP) is 6.79. The number of piperidine rings is 2. The topological polar surface area (TPSA) is 41.6 Å². The van der Waals surface area contributed by atoms with Gasteiger partial charge < -0.3 is 10.1 Å². The fraction of sp³-hybridized carbons (Fsp3) is 0.581. The molecule has 2 unspecified atom stereocenters. The normalized spacial score (nSPS) is 27.6. The van der Waals surface area contributed by atoms with Gasteiger partial charge in [0, 0.05) is 35.8 Å². The maximum Gasteiger partial charge on any atom is 0.232 e. The van der Waals surface area contributed by atoms with E-state index < -0.39 is 0 Å². The Labute approximate surface area is 210 Å². The van der Waals surface area contributed by atoms with Crippen molar-refractivity contribution in [3.8, 4) is 11.5 Å². The minimum atomic E-state index is -0.302. The second-order valence-corrected chi connectivity index (χ2v) is 11.4. The van der Waals surface area contributed by atoms with Crippen LogP contribution in [0.25, 0.3) is 0 Å². The van der Waals surface area contributed by atoms with Crippen LogP contribution in [-0.2, 0) is 4.79 Å². The van der Waals surface area contributed by atoms with Crippen LogP contribution >= 0.6 is 0 Å². The van der Waals surface area contributed by atoms with E-state index in [-0.39, 0.29) is 17.9 Å². The molecule has 3 aliphatic heterocycles. The average Bonchev–Trinajstić information content (AvgIpc) is 2.84. The van der Waals surface area contributed by atoms with E-state index in [0.717, 1.165) is 41.4 Å². The van der Waals surface area contributed by atoms with Gasteiger partial charge in [-0.05, 0) is 56.6 Å². The minimum absolute atomic E-state index is 0.129. The molecule has 2 aromatic rings. The van der Waals surface area contributed by atoms with Crippen LogP contribution in [0.5, 0.6) is 11.5 Å². The van der Waals surface area contributed by atoms with Gasteiger partial charge in [0.15, 0.2) is 0 Å². The van der Waals surface area contributed by atoms with Crippen LogP contribution in [0.15, 0.2) is 48.5 Å². The Hall–Kier alpha value is -2.33. The Bertz CT molecular complexity index is 969. The SMILES string of the molecule is O=C(NC1CC2CCCC(C1)N2CC1CCCCCCC1)C1c2ccccc2Oc2ccccc21. The van der Waals surface area contributed by atoms with Crippen LogP contribution in [0.2, 0.25) is 0 Å². The van der Waals surface area contributed by atoms with Gasteiger partial charge in [-0.3, -0.25) is 9.69 Å². The van der Waals surface area contributed by atoms with E-state index in [9.17, 15) is 4.79 Å². The molecule has 0 spiro atoms. The van der Waals surface area contributed by atoms with Crippen LogP contribution in [0.4, 0.5) is 0 Å². The molecule has 2 saturated heterocycles. The van der Waals surface area contributed by atoms with Gasteiger partial charge in [0.25, 0.3) is 0 Å². The smallest absolute Gasteiger partial charge is 0.232 e. The van der Waals surface area contributed by atoms with E-state index in [0.29, 0.717) is 12.1 Å². The van der Waals surface area contributed by atoms with E-state index in [1.807, 2.05) is 48.5 Å². The zero-order chi connectivity index (χ0) is 23.6.